The average molecular weight is 314 g/mol. The smallest absolute Gasteiger partial charge is 0.129 e. The topological polar surface area (TPSA) is 0 Å². The molecule has 0 aliphatic heterocycles. The summed E-state index contributed by atoms with van der Waals surface area (Å²) in [7, 11) is 0. The molecular weight excluding hydrogens is 297 g/mol. The molecule has 1 aromatic carbocycles. The molecule has 0 heterocycles. The molecule has 2 aliphatic rings. The Kier molecular flexibility index (Phi) is 4.12. The first kappa shape index (κ1) is 15.6. The minimum atomic E-state index is -0.594. The highest BCUT2D eigenvalue weighted by Gasteiger charge is 2.22. The molecule has 0 nitrogen and oxygen atoms in total. The monoisotopic (exact) mass is 314 g/mol. The van der Waals surface area contributed by atoms with Crippen LogP contribution < -0.4 is 0 Å². The minimum Gasteiger partial charge on any atom is -0.211 e. The lowest BCUT2D eigenvalue weighted by Crippen LogP contribution is -2.06. The highest BCUT2D eigenvalue weighted by molar-refractivity contribution is 5.86. The van der Waals surface area contributed by atoms with E-state index in [0.29, 0.717) is 29.5 Å². The van der Waals surface area contributed by atoms with Gasteiger partial charge in [-0.3, -0.25) is 0 Å². The summed E-state index contributed by atoms with van der Waals surface area (Å²) < 4.78 is 41.1. The molecule has 0 saturated carbocycles. The molecule has 1 aromatic rings. The van der Waals surface area contributed by atoms with Gasteiger partial charge in [0.15, 0.2) is 0 Å². The van der Waals surface area contributed by atoms with Crippen LogP contribution in [0.1, 0.15) is 24.0 Å². The van der Waals surface area contributed by atoms with Crippen LogP contribution in [0.25, 0.3) is 5.57 Å². The van der Waals surface area contributed by atoms with E-state index in [1.807, 2.05) is 12.2 Å². The Morgan fingerprint density at radius 2 is 1.96 bits per heavy atom. The number of hydrogen-bond donors (Lipinski definition) is 0. The van der Waals surface area contributed by atoms with Gasteiger partial charge in [0.1, 0.15) is 17.5 Å². The van der Waals surface area contributed by atoms with Crippen molar-refractivity contribution in [2.45, 2.75) is 19.8 Å². The highest BCUT2D eigenvalue weighted by atomic mass is 19.1. The minimum absolute atomic E-state index is 0.149. The molecule has 118 valence electrons. The van der Waals surface area contributed by atoms with E-state index in [1.165, 1.54) is 6.07 Å². The average Bonchev–Trinajstić information content (AvgIpc) is 2.90. The van der Waals surface area contributed by atoms with E-state index in [4.69, 9.17) is 0 Å². The van der Waals surface area contributed by atoms with Crippen molar-refractivity contribution in [3.63, 3.8) is 0 Å². The Morgan fingerprint density at radius 1 is 1.17 bits per heavy atom. The van der Waals surface area contributed by atoms with Crippen molar-refractivity contribution in [2.24, 2.45) is 5.92 Å². The van der Waals surface area contributed by atoms with Crippen LogP contribution in [0, 0.1) is 24.5 Å². The number of hydrogen-bond acceptors (Lipinski definition) is 0. The van der Waals surface area contributed by atoms with Crippen LogP contribution in [-0.4, -0.2) is 0 Å². The van der Waals surface area contributed by atoms with Crippen LogP contribution in [0.4, 0.5) is 13.2 Å². The first-order chi connectivity index (χ1) is 11.0. The van der Waals surface area contributed by atoms with Gasteiger partial charge >= 0.3 is 0 Å². The molecule has 0 N–H and O–H groups in total. The zero-order chi connectivity index (χ0) is 16.6. The maximum absolute atomic E-state index is 13.8. The van der Waals surface area contributed by atoms with Gasteiger partial charge in [-0.25, -0.2) is 13.2 Å². The fourth-order valence-electron chi connectivity index (χ4n) is 2.98. The zero-order valence-electron chi connectivity index (χ0n) is 12.9. The normalized spacial score (nSPS) is 19.8. The Hall–Kier alpha value is -2.29. The second-order valence-corrected chi connectivity index (χ2v) is 5.80. The summed E-state index contributed by atoms with van der Waals surface area (Å²) in [5.41, 5.74) is 3.36. The number of halogens is 3. The van der Waals surface area contributed by atoms with E-state index in [1.54, 1.807) is 25.2 Å². The van der Waals surface area contributed by atoms with E-state index in [9.17, 15) is 13.2 Å². The van der Waals surface area contributed by atoms with Gasteiger partial charge in [0.25, 0.3) is 0 Å². The first-order valence-electron chi connectivity index (χ1n) is 7.56. The van der Waals surface area contributed by atoms with Crippen molar-refractivity contribution in [1.82, 2.24) is 0 Å². The lowest BCUT2D eigenvalue weighted by Gasteiger charge is -2.23. The second kappa shape index (κ2) is 6.07. The van der Waals surface area contributed by atoms with Crippen LogP contribution in [0.15, 0.2) is 66.1 Å². The summed E-state index contributed by atoms with van der Waals surface area (Å²) in [6.07, 6.45) is 10.1. The summed E-state index contributed by atoms with van der Waals surface area (Å²) in [5.74, 6) is -1.53. The number of rotatable bonds is 4. The molecule has 0 saturated heterocycles. The van der Waals surface area contributed by atoms with Crippen molar-refractivity contribution in [3.05, 3.63) is 88.8 Å². The third-order valence-electron chi connectivity index (χ3n) is 4.37. The van der Waals surface area contributed by atoms with E-state index in [2.05, 4.69) is 6.58 Å². The fraction of sp³-hybridized carbons (Fsp3) is 0.200. The standard InChI is InChI=1S/C20H17F3/c1-3-13(17-5-4-6-19(17)22)9-14-7-8-16(14)18-10-15(21)11-20(23)12(18)2/h3-5,8-11,13H,1,6-7H2,2H3/b14-9+. The summed E-state index contributed by atoms with van der Waals surface area (Å²) >= 11 is 0. The van der Waals surface area contributed by atoms with Gasteiger partial charge in [-0.2, -0.15) is 0 Å². The Morgan fingerprint density at radius 3 is 2.52 bits per heavy atom. The summed E-state index contributed by atoms with van der Waals surface area (Å²) in [6, 6.07) is 2.23. The van der Waals surface area contributed by atoms with Gasteiger partial charge in [-0.1, -0.05) is 30.4 Å². The molecule has 0 aromatic heterocycles. The van der Waals surface area contributed by atoms with Gasteiger partial charge < -0.3 is 0 Å². The summed E-state index contributed by atoms with van der Waals surface area (Å²) in [6.45, 7) is 5.41. The molecule has 0 spiro atoms. The molecule has 0 fully saturated rings. The van der Waals surface area contributed by atoms with Crippen LogP contribution in [0.3, 0.4) is 0 Å². The molecule has 0 amide bonds. The third-order valence-corrected chi connectivity index (χ3v) is 4.37. The van der Waals surface area contributed by atoms with Gasteiger partial charge in [0.2, 0.25) is 0 Å². The molecule has 1 unspecified atom stereocenters. The van der Waals surface area contributed by atoms with Gasteiger partial charge in [-0.15, -0.1) is 6.58 Å². The maximum Gasteiger partial charge on any atom is 0.129 e. The first-order valence-corrected chi connectivity index (χ1v) is 7.56. The van der Waals surface area contributed by atoms with Crippen LogP contribution >= 0.6 is 0 Å². The van der Waals surface area contributed by atoms with Crippen molar-refractivity contribution < 1.29 is 13.2 Å². The molecule has 0 radical (unpaired) electrons. The lowest BCUT2D eigenvalue weighted by molar-refractivity contribution is 0.576. The quantitative estimate of drug-likeness (QED) is 0.600. The SMILES string of the molecule is C=CC(/C=C1\CC=C1c1cc(F)cc(F)c1C)C1=C(F)CC=C1. The zero-order valence-corrected chi connectivity index (χ0v) is 12.9. The predicted molar refractivity (Wildman–Crippen MR) is 87.4 cm³/mol. The van der Waals surface area contributed by atoms with E-state index in [0.717, 1.165) is 17.2 Å². The molecule has 2 aliphatic carbocycles. The van der Waals surface area contributed by atoms with E-state index < -0.39 is 11.6 Å². The largest absolute Gasteiger partial charge is 0.211 e. The number of benzene rings is 1. The van der Waals surface area contributed by atoms with E-state index in [-0.39, 0.29) is 11.7 Å². The molecule has 23 heavy (non-hydrogen) atoms. The highest BCUT2D eigenvalue weighted by Crippen LogP contribution is 2.40. The van der Waals surface area contributed by atoms with Gasteiger partial charge in [0.05, 0.1) is 0 Å². The van der Waals surface area contributed by atoms with Crippen molar-refractivity contribution >= 4 is 5.57 Å². The maximum atomic E-state index is 13.8. The van der Waals surface area contributed by atoms with Crippen LogP contribution in [0.2, 0.25) is 0 Å². The summed E-state index contributed by atoms with van der Waals surface area (Å²) in [5, 5.41) is 0. The van der Waals surface area contributed by atoms with Gasteiger partial charge in [0, 0.05) is 18.4 Å². The molecule has 3 rings (SSSR count). The molecular formula is C20H17F3. The fourth-order valence-corrected chi connectivity index (χ4v) is 2.98. The van der Waals surface area contributed by atoms with Crippen molar-refractivity contribution in [3.8, 4) is 0 Å². The Bertz CT molecular complexity index is 791. The van der Waals surface area contributed by atoms with E-state index >= 15 is 0 Å². The lowest BCUT2D eigenvalue weighted by atomic mass is 9.81. The Balaban J connectivity index is 1.95. The summed E-state index contributed by atoms with van der Waals surface area (Å²) in [4.78, 5) is 0. The second-order valence-electron chi connectivity index (χ2n) is 5.80. The number of allylic oxidation sites excluding steroid dienone is 9. The molecule has 3 heteroatoms. The van der Waals surface area contributed by atoms with Crippen molar-refractivity contribution in [2.75, 3.05) is 0 Å². The van der Waals surface area contributed by atoms with Crippen LogP contribution in [0.5, 0.6) is 0 Å². The van der Waals surface area contributed by atoms with Gasteiger partial charge in [-0.05, 0) is 47.3 Å². The Labute approximate surface area is 134 Å². The molecule has 0 bridgehead atoms. The van der Waals surface area contributed by atoms with Crippen LogP contribution in [-0.2, 0) is 0 Å². The predicted octanol–water partition coefficient (Wildman–Crippen LogP) is 5.97. The third kappa shape index (κ3) is 2.83. The molecule has 1 atom stereocenters. The van der Waals surface area contributed by atoms with Crippen molar-refractivity contribution in [1.29, 1.82) is 0 Å².